The van der Waals surface area contributed by atoms with Gasteiger partial charge in [-0.2, -0.15) is 0 Å². The van der Waals surface area contributed by atoms with Gasteiger partial charge in [-0.15, -0.1) is 0 Å². The lowest BCUT2D eigenvalue weighted by atomic mass is 10.2. The Kier molecular flexibility index (Phi) is 5.38. The normalized spacial score (nSPS) is 10.5. The van der Waals surface area contributed by atoms with E-state index in [-0.39, 0.29) is 5.91 Å². The van der Waals surface area contributed by atoms with Gasteiger partial charge < -0.3 is 15.8 Å². The molecule has 5 nitrogen and oxygen atoms in total. The molecule has 0 aliphatic rings. The van der Waals surface area contributed by atoms with E-state index in [9.17, 15) is 9.59 Å². The number of nitrogens with two attached hydrogens (primary N) is 1. The van der Waals surface area contributed by atoms with Crippen molar-refractivity contribution in [3.63, 3.8) is 0 Å². The number of primary amides is 1. The zero-order valence-electron chi connectivity index (χ0n) is 12.4. The summed E-state index contributed by atoms with van der Waals surface area (Å²) >= 11 is 6.02. The van der Waals surface area contributed by atoms with E-state index in [2.05, 4.69) is 5.32 Å². The number of carbonyl (C=O) groups excluding carboxylic acids is 2. The van der Waals surface area contributed by atoms with Gasteiger partial charge in [0, 0.05) is 17.3 Å². The fraction of sp³-hybridized carbons (Fsp3) is 0.0588. The van der Waals surface area contributed by atoms with Crippen LogP contribution in [0.3, 0.4) is 0 Å². The highest BCUT2D eigenvalue weighted by Gasteiger charge is 2.04. The van der Waals surface area contributed by atoms with Gasteiger partial charge in [-0.25, -0.2) is 0 Å². The summed E-state index contributed by atoms with van der Waals surface area (Å²) in [7, 11) is 1.53. The SMILES string of the molecule is COc1ccc(C=CC(=O)Nc2cccc(C(N)=O)c2)cc1Cl. The number of halogens is 1. The van der Waals surface area contributed by atoms with Crippen LogP contribution in [0.25, 0.3) is 6.08 Å². The molecule has 2 aromatic carbocycles. The van der Waals surface area contributed by atoms with Crippen molar-refractivity contribution in [2.45, 2.75) is 0 Å². The molecule has 3 N–H and O–H groups in total. The summed E-state index contributed by atoms with van der Waals surface area (Å²) < 4.78 is 5.06. The minimum atomic E-state index is -0.551. The number of benzene rings is 2. The topological polar surface area (TPSA) is 81.4 Å². The Bertz CT molecular complexity index is 772. The van der Waals surface area contributed by atoms with Gasteiger partial charge in [-0.1, -0.05) is 23.7 Å². The van der Waals surface area contributed by atoms with Crippen LogP contribution in [0.1, 0.15) is 15.9 Å². The van der Waals surface area contributed by atoms with Crippen LogP contribution in [0.15, 0.2) is 48.5 Å². The highest BCUT2D eigenvalue weighted by molar-refractivity contribution is 6.32. The maximum atomic E-state index is 11.9. The van der Waals surface area contributed by atoms with E-state index in [0.717, 1.165) is 5.56 Å². The van der Waals surface area contributed by atoms with E-state index >= 15 is 0 Å². The zero-order valence-corrected chi connectivity index (χ0v) is 13.1. The number of ether oxygens (including phenoxy) is 1. The molecule has 0 aliphatic carbocycles. The van der Waals surface area contributed by atoms with E-state index < -0.39 is 5.91 Å². The van der Waals surface area contributed by atoms with Crippen molar-refractivity contribution >= 4 is 35.2 Å². The third-order valence-electron chi connectivity index (χ3n) is 3.02. The highest BCUT2D eigenvalue weighted by atomic mass is 35.5. The molecule has 2 rings (SSSR count). The van der Waals surface area contributed by atoms with Crippen molar-refractivity contribution < 1.29 is 14.3 Å². The molecule has 0 aliphatic heterocycles. The van der Waals surface area contributed by atoms with Gasteiger partial charge in [0.2, 0.25) is 11.8 Å². The second kappa shape index (κ2) is 7.47. The molecule has 23 heavy (non-hydrogen) atoms. The van der Waals surface area contributed by atoms with E-state index in [1.54, 1.807) is 42.5 Å². The summed E-state index contributed by atoms with van der Waals surface area (Å²) in [6, 6.07) is 11.6. The lowest BCUT2D eigenvalue weighted by Gasteiger charge is -2.04. The molecule has 6 heteroatoms. The fourth-order valence-electron chi connectivity index (χ4n) is 1.89. The van der Waals surface area contributed by atoms with Crippen LogP contribution in [-0.2, 0) is 4.79 Å². The van der Waals surface area contributed by atoms with Gasteiger partial charge in [0.15, 0.2) is 0 Å². The Morgan fingerprint density at radius 1 is 1.22 bits per heavy atom. The molecule has 0 saturated heterocycles. The highest BCUT2D eigenvalue weighted by Crippen LogP contribution is 2.25. The summed E-state index contributed by atoms with van der Waals surface area (Å²) in [5.74, 6) is -0.320. The Labute approximate surface area is 138 Å². The van der Waals surface area contributed by atoms with Gasteiger partial charge in [0.1, 0.15) is 5.75 Å². The molecule has 0 heterocycles. The molecule has 2 amide bonds. The molecule has 118 valence electrons. The van der Waals surface area contributed by atoms with Crippen LogP contribution in [-0.4, -0.2) is 18.9 Å². The molecule has 0 atom stereocenters. The number of rotatable bonds is 5. The Morgan fingerprint density at radius 2 is 2.00 bits per heavy atom. The van der Waals surface area contributed by atoms with E-state index in [1.165, 1.54) is 19.3 Å². The van der Waals surface area contributed by atoms with Crippen LogP contribution in [0.2, 0.25) is 5.02 Å². The van der Waals surface area contributed by atoms with Crippen molar-refractivity contribution in [1.82, 2.24) is 0 Å². The van der Waals surface area contributed by atoms with Crippen molar-refractivity contribution in [2.24, 2.45) is 5.73 Å². The lowest BCUT2D eigenvalue weighted by Crippen LogP contribution is -2.12. The monoisotopic (exact) mass is 330 g/mol. The minimum Gasteiger partial charge on any atom is -0.495 e. The van der Waals surface area contributed by atoms with Crippen molar-refractivity contribution in [1.29, 1.82) is 0 Å². The standard InChI is InChI=1S/C17H15ClN2O3/c1-23-15-7-5-11(9-14(15)18)6-8-16(21)20-13-4-2-3-12(10-13)17(19)22/h2-10H,1H3,(H2,19,22)(H,20,21). The summed E-state index contributed by atoms with van der Waals surface area (Å²) in [5, 5.41) is 3.12. The van der Waals surface area contributed by atoms with Crippen LogP contribution < -0.4 is 15.8 Å². The summed E-state index contributed by atoms with van der Waals surface area (Å²) in [6.45, 7) is 0. The van der Waals surface area contributed by atoms with Crippen LogP contribution in [0.4, 0.5) is 5.69 Å². The smallest absolute Gasteiger partial charge is 0.248 e. The minimum absolute atomic E-state index is 0.328. The Morgan fingerprint density at radius 3 is 2.65 bits per heavy atom. The Balaban J connectivity index is 2.05. The zero-order chi connectivity index (χ0) is 16.8. The fourth-order valence-corrected chi connectivity index (χ4v) is 2.16. The molecular weight excluding hydrogens is 316 g/mol. The van der Waals surface area contributed by atoms with E-state index in [0.29, 0.717) is 22.0 Å². The molecule has 0 saturated carbocycles. The first-order valence-corrected chi connectivity index (χ1v) is 7.10. The van der Waals surface area contributed by atoms with Crippen molar-refractivity contribution in [3.05, 3.63) is 64.7 Å². The quantitative estimate of drug-likeness (QED) is 0.826. The van der Waals surface area contributed by atoms with Gasteiger partial charge in [0.25, 0.3) is 0 Å². The first-order chi connectivity index (χ1) is 11.0. The molecule has 0 aromatic heterocycles. The molecule has 0 spiro atoms. The van der Waals surface area contributed by atoms with Crippen LogP contribution in [0, 0.1) is 0 Å². The molecule has 0 fully saturated rings. The van der Waals surface area contributed by atoms with E-state index in [1.807, 2.05) is 0 Å². The van der Waals surface area contributed by atoms with Gasteiger partial charge in [-0.05, 0) is 42.0 Å². The third-order valence-corrected chi connectivity index (χ3v) is 3.31. The van der Waals surface area contributed by atoms with Crippen molar-refractivity contribution in [3.8, 4) is 5.75 Å². The lowest BCUT2D eigenvalue weighted by molar-refractivity contribution is -0.111. The molecule has 2 aromatic rings. The summed E-state index contributed by atoms with van der Waals surface area (Å²) in [6.07, 6.45) is 2.99. The summed E-state index contributed by atoms with van der Waals surface area (Å²) in [5.41, 5.74) is 6.78. The van der Waals surface area contributed by atoms with Crippen LogP contribution in [0.5, 0.6) is 5.75 Å². The molecule has 0 unspecified atom stereocenters. The molecule has 0 bridgehead atoms. The predicted molar refractivity (Wildman–Crippen MR) is 90.6 cm³/mol. The van der Waals surface area contributed by atoms with Gasteiger partial charge >= 0.3 is 0 Å². The van der Waals surface area contributed by atoms with Gasteiger partial charge in [0.05, 0.1) is 12.1 Å². The first kappa shape index (κ1) is 16.6. The number of hydrogen-bond donors (Lipinski definition) is 2. The first-order valence-electron chi connectivity index (χ1n) is 6.72. The number of carbonyl (C=O) groups is 2. The average Bonchev–Trinajstić information content (AvgIpc) is 2.53. The number of anilines is 1. The number of methoxy groups -OCH3 is 1. The largest absolute Gasteiger partial charge is 0.495 e. The molecular formula is C17H15ClN2O3. The second-order valence-electron chi connectivity index (χ2n) is 4.66. The maximum Gasteiger partial charge on any atom is 0.248 e. The number of amides is 2. The number of nitrogens with one attached hydrogen (secondary N) is 1. The second-order valence-corrected chi connectivity index (χ2v) is 5.07. The van der Waals surface area contributed by atoms with Gasteiger partial charge in [-0.3, -0.25) is 9.59 Å². The third kappa shape index (κ3) is 4.59. The Hall–Kier alpha value is -2.79. The molecule has 0 radical (unpaired) electrons. The maximum absolute atomic E-state index is 11.9. The predicted octanol–water partition coefficient (Wildman–Crippen LogP) is 3.10. The van der Waals surface area contributed by atoms with E-state index in [4.69, 9.17) is 22.1 Å². The van der Waals surface area contributed by atoms with Crippen LogP contribution >= 0.6 is 11.6 Å². The van der Waals surface area contributed by atoms with Crippen molar-refractivity contribution in [2.75, 3.05) is 12.4 Å². The average molecular weight is 331 g/mol. The summed E-state index contributed by atoms with van der Waals surface area (Å²) in [4.78, 5) is 23.0. The number of hydrogen-bond acceptors (Lipinski definition) is 3.